The molecule has 0 aliphatic rings. The fourth-order valence-corrected chi connectivity index (χ4v) is 0.856. The van der Waals surface area contributed by atoms with E-state index in [4.69, 9.17) is 10.2 Å². The monoisotopic (exact) mass is 182 g/mol. The Bertz CT molecular complexity index is 305. The third kappa shape index (κ3) is 3.61. The molecule has 0 radical (unpaired) electrons. The first-order chi connectivity index (χ1) is 5.63. The molecule has 0 aliphatic carbocycles. The molecule has 66 valence electrons. The molecule has 1 rings (SSSR count). The van der Waals surface area contributed by atoms with E-state index in [9.17, 15) is 9.59 Å². The molecule has 0 aliphatic heterocycles. The Morgan fingerprint density at radius 2 is 1.14 bits per heavy atom. The molecule has 14 heavy (non-hydrogen) atoms. The van der Waals surface area contributed by atoms with Gasteiger partial charge in [0, 0.05) is 0 Å². The molecule has 0 saturated heterocycles. The fourth-order valence-electron chi connectivity index (χ4n) is 0.856. The number of hydrogen-bond donors (Lipinski definition) is 2. The maximum atomic E-state index is 10.5. The molecular weight excluding hydrogens is 174 g/mol. The van der Waals surface area contributed by atoms with Crippen LogP contribution in [-0.4, -0.2) is 59.9 Å². The van der Waals surface area contributed by atoms with Crippen molar-refractivity contribution >= 4 is 49.7 Å². The second kappa shape index (κ2) is 6.76. The Labute approximate surface area is 105 Å². The van der Waals surface area contributed by atoms with Gasteiger partial charge in [0.15, 0.2) is 0 Å². The molecule has 0 bridgehead atoms. The second-order valence-corrected chi connectivity index (χ2v) is 2.16. The second-order valence-electron chi connectivity index (χ2n) is 2.16. The summed E-state index contributed by atoms with van der Waals surface area (Å²) in [5, 5.41) is 17.1. The van der Waals surface area contributed by atoms with Crippen molar-refractivity contribution in [2.24, 2.45) is 0 Å². The standard InChI is InChI=1S/C8H6O4.2Li.2H/c9-7(10)5-3-1-2-4-6(5)8(11)12;;;;/h1-4H,(H,9,10)(H,11,12);;;;. The number of hydrogen-bond acceptors (Lipinski definition) is 2. The van der Waals surface area contributed by atoms with E-state index in [-0.39, 0.29) is 48.8 Å². The van der Waals surface area contributed by atoms with Crippen LogP contribution in [0.2, 0.25) is 0 Å². The molecule has 1 aromatic carbocycles. The van der Waals surface area contributed by atoms with Crippen LogP contribution in [-0.2, 0) is 0 Å². The van der Waals surface area contributed by atoms with Gasteiger partial charge in [0.2, 0.25) is 0 Å². The molecule has 0 fully saturated rings. The van der Waals surface area contributed by atoms with Gasteiger partial charge in [0.1, 0.15) is 0 Å². The van der Waals surface area contributed by atoms with Gasteiger partial charge in [-0.2, -0.15) is 0 Å². The van der Waals surface area contributed by atoms with Gasteiger partial charge >= 0.3 is 49.7 Å². The summed E-state index contributed by atoms with van der Waals surface area (Å²) < 4.78 is 0. The average molecular weight is 182 g/mol. The minimum atomic E-state index is -1.23. The summed E-state index contributed by atoms with van der Waals surface area (Å²) in [4.78, 5) is 20.9. The van der Waals surface area contributed by atoms with Crippen molar-refractivity contribution in [1.82, 2.24) is 0 Å². The van der Waals surface area contributed by atoms with Crippen LogP contribution in [0.25, 0.3) is 0 Å². The first-order valence-corrected chi connectivity index (χ1v) is 3.18. The number of benzene rings is 1. The zero-order chi connectivity index (χ0) is 9.14. The molecule has 1 aromatic rings. The van der Waals surface area contributed by atoms with Crippen molar-refractivity contribution in [3.8, 4) is 0 Å². The third-order valence-electron chi connectivity index (χ3n) is 1.39. The van der Waals surface area contributed by atoms with E-state index in [1.165, 1.54) is 24.3 Å². The molecule has 0 unspecified atom stereocenters. The Balaban J connectivity index is 0. The van der Waals surface area contributed by atoms with E-state index >= 15 is 0 Å². The Morgan fingerprint density at radius 3 is 1.36 bits per heavy atom. The van der Waals surface area contributed by atoms with Gasteiger partial charge in [-0.3, -0.25) is 0 Å². The average Bonchev–Trinajstić information content (AvgIpc) is 2.04. The molecule has 0 saturated carbocycles. The van der Waals surface area contributed by atoms with E-state index in [2.05, 4.69) is 0 Å². The summed E-state index contributed by atoms with van der Waals surface area (Å²) in [7, 11) is 0. The molecule has 0 atom stereocenters. The number of aromatic carboxylic acids is 2. The summed E-state index contributed by atoms with van der Waals surface area (Å²) in [6.07, 6.45) is 0. The summed E-state index contributed by atoms with van der Waals surface area (Å²) in [6, 6.07) is 5.48. The van der Waals surface area contributed by atoms with Crippen molar-refractivity contribution in [3.05, 3.63) is 35.4 Å². The molecule has 0 heterocycles. The first kappa shape index (κ1) is 15.8. The normalized spacial score (nSPS) is 8.00. The summed E-state index contributed by atoms with van der Waals surface area (Å²) in [5.41, 5.74) is -0.380. The molecule has 0 aromatic heterocycles. The number of rotatable bonds is 2. The molecule has 0 amide bonds. The van der Waals surface area contributed by atoms with Crippen molar-refractivity contribution in [3.63, 3.8) is 0 Å². The van der Waals surface area contributed by atoms with Crippen LogP contribution in [0, 0.1) is 0 Å². The molecule has 2 N–H and O–H groups in total. The van der Waals surface area contributed by atoms with Crippen LogP contribution in [0.15, 0.2) is 24.3 Å². The van der Waals surface area contributed by atoms with Crippen molar-refractivity contribution in [2.45, 2.75) is 0 Å². The minimum absolute atomic E-state index is 0. The van der Waals surface area contributed by atoms with Crippen LogP contribution >= 0.6 is 0 Å². The van der Waals surface area contributed by atoms with Crippen LogP contribution in [0.4, 0.5) is 0 Å². The van der Waals surface area contributed by atoms with Crippen LogP contribution in [0.1, 0.15) is 20.7 Å². The first-order valence-electron chi connectivity index (χ1n) is 3.18. The van der Waals surface area contributed by atoms with Gasteiger partial charge in [-0.15, -0.1) is 0 Å². The zero-order valence-electron chi connectivity index (χ0n) is 6.02. The quantitative estimate of drug-likeness (QED) is 0.620. The molecule has 0 spiro atoms. The van der Waals surface area contributed by atoms with Crippen LogP contribution in [0.3, 0.4) is 0 Å². The van der Waals surface area contributed by atoms with Gasteiger partial charge in [-0.05, 0) is 12.1 Å². The molecule has 6 heteroatoms. The summed E-state index contributed by atoms with van der Waals surface area (Å²) in [6.45, 7) is 0. The van der Waals surface area contributed by atoms with Crippen LogP contribution in [0.5, 0.6) is 0 Å². The molecular formula is C8H8Li2O4. The van der Waals surface area contributed by atoms with Gasteiger partial charge < -0.3 is 10.2 Å². The Kier molecular flexibility index (Phi) is 7.63. The summed E-state index contributed by atoms with van der Waals surface area (Å²) >= 11 is 0. The van der Waals surface area contributed by atoms with E-state index < -0.39 is 11.9 Å². The van der Waals surface area contributed by atoms with Crippen molar-refractivity contribution < 1.29 is 19.8 Å². The van der Waals surface area contributed by atoms with Gasteiger partial charge in [-0.25, -0.2) is 9.59 Å². The van der Waals surface area contributed by atoms with E-state index in [0.29, 0.717) is 0 Å². The number of carbonyl (C=O) groups is 2. The summed E-state index contributed by atoms with van der Waals surface area (Å²) in [5.74, 6) is -2.46. The fraction of sp³-hybridized carbons (Fsp3) is 0. The van der Waals surface area contributed by atoms with Crippen molar-refractivity contribution in [1.29, 1.82) is 0 Å². The van der Waals surface area contributed by atoms with E-state index in [1.54, 1.807) is 0 Å². The van der Waals surface area contributed by atoms with E-state index in [0.717, 1.165) is 0 Å². The Morgan fingerprint density at radius 1 is 0.857 bits per heavy atom. The number of carboxylic acids is 2. The third-order valence-corrected chi connectivity index (χ3v) is 1.39. The zero-order valence-corrected chi connectivity index (χ0v) is 6.02. The van der Waals surface area contributed by atoms with Crippen LogP contribution < -0.4 is 0 Å². The topological polar surface area (TPSA) is 74.6 Å². The van der Waals surface area contributed by atoms with Gasteiger partial charge in [0.05, 0.1) is 11.1 Å². The number of carboxylic acid groups (broad SMARTS) is 2. The maximum absolute atomic E-state index is 10.5. The predicted molar refractivity (Wildman–Crippen MR) is 54.7 cm³/mol. The Hall–Kier alpha value is -0.645. The SMILES string of the molecule is O=C(O)c1ccccc1C(=O)O.[LiH].[LiH]. The van der Waals surface area contributed by atoms with Crippen molar-refractivity contribution in [2.75, 3.05) is 0 Å². The molecule has 4 nitrogen and oxygen atoms in total. The van der Waals surface area contributed by atoms with Gasteiger partial charge in [0.25, 0.3) is 0 Å². The van der Waals surface area contributed by atoms with E-state index in [1.807, 2.05) is 0 Å². The van der Waals surface area contributed by atoms with Gasteiger partial charge in [-0.1, -0.05) is 12.1 Å². The predicted octanol–water partition coefficient (Wildman–Crippen LogP) is -0.214.